The van der Waals surface area contributed by atoms with Gasteiger partial charge in [0.2, 0.25) is 0 Å². The Bertz CT molecular complexity index is 366. The van der Waals surface area contributed by atoms with Crippen LogP contribution in [0.1, 0.15) is 27.2 Å². The molecule has 1 aromatic rings. The Morgan fingerprint density at radius 2 is 2.06 bits per heavy atom. The second-order valence-electron chi connectivity index (χ2n) is 5.01. The molecule has 0 bridgehead atoms. The Labute approximate surface area is 96.9 Å². The van der Waals surface area contributed by atoms with Gasteiger partial charge < -0.3 is 10.6 Å². The third kappa shape index (κ3) is 2.10. The van der Waals surface area contributed by atoms with E-state index in [1.54, 1.807) is 6.33 Å². The van der Waals surface area contributed by atoms with Gasteiger partial charge in [-0.15, -0.1) is 0 Å². The zero-order chi connectivity index (χ0) is 11.7. The van der Waals surface area contributed by atoms with Crippen LogP contribution < -0.4 is 10.6 Å². The first kappa shape index (κ1) is 11.2. The van der Waals surface area contributed by atoms with Crippen molar-refractivity contribution in [3.05, 3.63) is 12.4 Å². The van der Waals surface area contributed by atoms with Gasteiger partial charge in [-0.3, -0.25) is 0 Å². The molecule has 1 saturated heterocycles. The fourth-order valence-corrected chi connectivity index (χ4v) is 2.54. The Hall–Kier alpha value is -1.32. The Balaban J connectivity index is 2.25. The topological polar surface area (TPSA) is 55.0 Å². The van der Waals surface area contributed by atoms with Crippen LogP contribution in [0.2, 0.25) is 0 Å². The van der Waals surface area contributed by atoms with E-state index >= 15 is 0 Å². The molecule has 0 spiro atoms. The lowest BCUT2D eigenvalue weighted by Crippen LogP contribution is -2.46. The minimum absolute atomic E-state index is 0.519. The van der Waals surface area contributed by atoms with Gasteiger partial charge in [0.1, 0.15) is 18.0 Å². The summed E-state index contributed by atoms with van der Waals surface area (Å²) in [6.07, 6.45) is 2.83. The molecule has 0 amide bonds. The van der Waals surface area contributed by atoms with Crippen LogP contribution in [0.3, 0.4) is 0 Å². The maximum absolute atomic E-state index is 5.70. The maximum atomic E-state index is 5.70. The monoisotopic (exact) mass is 220 g/mol. The second-order valence-corrected chi connectivity index (χ2v) is 5.01. The van der Waals surface area contributed by atoms with Gasteiger partial charge in [-0.25, -0.2) is 9.97 Å². The van der Waals surface area contributed by atoms with E-state index in [2.05, 4.69) is 35.6 Å². The molecule has 1 aliphatic rings. The van der Waals surface area contributed by atoms with Crippen molar-refractivity contribution in [3.8, 4) is 0 Å². The smallest absolute Gasteiger partial charge is 0.134 e. The van der Waals surface area contributed by atoms with Gasteiger partial charge >= 0.3 is 0 Å². The SMILES string of the molecule is CC1CC(C)C(C)N(c2cc(N)ncn2)C1. The molecule has 1 aromatic heterocycles. The summed E-state index contributed by atoms with van der Waals surface area (Å²) in [5.41, 5.74) is 5.70. The van der Waals surface area contributed by atoms with E-state index in [1.807, 2.05) is 6.07 Å². The van der Waals surface area contributed by atoms with Crippen molar-refractivity contribution in [2.45, 2.75) is 33.2 Å². The first-order valence-corrected chi connectivity index (χ1v) is 5.92. The van der Waals surface area contributed by atoms with Crippen LogP contribution in [0.15, 0.2) is 12.4 Å². The number of hydrogen-bond acceptors (Lipinski definition) is 4. The van der Waals surface area contributed by atoms with Gasteiger partial charge in [0, 0.05) is 18.7 Å². The van der Waals surface area contributed by atoms with Crippen molar-refractivity contribution >= 4 is 11.6 Å². The van der Waals surface area contributed by atoms with E-state index in [-0.39, 0.29) is 0 Å². The molecule has 1 aliphatic heterocycles. The highest BCUT2D eigenvalue weighted by Gasteiger charge is 2.29. The minimum atomic E-state index is 0.519. The highest BCUT2D eigenvalue weighted by molar-refractivity contribution is 5.47. The Morgan fingerprint density at radius 3 is 2.75 bits per heavy atom. The Morgan fingerprint density at radius 1 is 1.31 bits per heavy atom. The third-order valence-corrected chi connectivity index (χ3v) is 3.57. The molecule has 3 atom stereocenters. The molecule has 4 nitrogen and oxygen atoms in total. The van der Waals surface area contributed by atoms with Gasteiger partial charge in [0.05, 0.1) is 0 Å². The van der Waals surface area contributed by atoms with Gasteiger partial charge in [-0.05, 0) is 25.2 Å². The van der Waals surface area contributed by atoms with E-state index in [1.165, 1.54) is 6.42 Å². The predicted molar refractivity (Wildman–Crippen MR) is 66.2 cm³/mol. The van der Waals surface area contributed by atoms with E-state index in [0.29, 0.717) is 23.7 Å². The molecule has 2 N–H and O–H groups in total. The minimum Gasteiger partial charge on any atom is -0.384 e. The van der Waals surface area contributed by atoms with Crippen LogP contribution in [0.5, 0.6) is 0 Å². The standard InChI is InChI=1S/C12H20N4/c1-8-4-9(2)10(3)16(6-8)12-5-11(13)14-7-15-12/h5,7-10H,4,6H2,1-3H3,(H2,13,14,15). The molecular formula is C12H20N4. The van der Waals surface area contributed by atoms with Gasteiger partial charge in [0.25, 0.3) is 0 Å². The molecule has 0 saturated carbocycles. The van der Waals surface area contributed by atoms with Gasteiger partial charge in [0.15, 0.2) is 0 Å². The summed E-state index contributed by atoms with van der Waals surface area (Å²) in [5, 5.41) is 0. The molecule has 4 heteroatoms. The number of piperidine rings is 1. The Kier molecular flexibility index (Phi) is 2.99. The van der Waals surface area contributed by atoms with Crippen molar-refractivity contribution in [1.82, 2.24) is 9.97 Å². The zero-order valence-electron chi connectivity index (χ0n) is 10.2. The fraction of sp³-hybridized carbons (Fsp3) is 0.667. The molecular weight excluding hydrogens is 200 g/mol. The predicted octanol–water partition coefficient (Wildman–Crippen LogP) is 1.93. The highest BCUT2D eigenvalue weighted by Crippen LogP contribution is 2.30. The van der Waals surface area contributed by atoms with Crippen LogP contribution in [0.25, 0.3) is 0 Å². The first-order valence-electron chi connectivity index (χ1n) is 5.92. The molecule has 0 aliphatic carbocycles. The molecule has 2 heterocycles. The van der Waals surface area contributed by atoms with Crippen molar-refractivity contribution in [2.24, 2.45) is 11.8 Å². The second kappa shape index (κ2) is 4.28. The van der Waals surface area contributed by atoms with Crippen LogP contribution in [0.4, 0.5) is 11.6 Å². The van der Waals surface area contributed by atoms with Gasteiger partial charge in [-0.1, -0.05) is 13.8 Å². The summed E-state index contributed by atoms with van der Waals surface area (Å²) in [7, 11) is 0. The van der Waals surface area contributed by atoms with E-state index < -0.39 is 0 Å². The average molecular weight is 220 g/mol. The summed E-state index contributed by atoms with van der Waals surface area (Å²) >= 11 is 0. The van der Waals surface area contributed by atoms with Crippen LogP contribution in [-0.2, 0) is 0 Å². The van der Waals surface area contributed by atoms with Crippen molar-refractivity contribution in [2.75, 3.05) is 17.2 Å². The molecule has 0 aromatic carbocycles. The van der Waals surface area contributed by atoms with E-state index in [9.17, 15) is 0 Å². The maximum Gasteiger partial charge on any atom is 0.134 e. The number of rotatable bonds is 1. The van der Waals surface area contributed by atoms with Gasteiger partial charge in [-0.2, -0.15) is 0 Å². The molecule has 88 valence electrons. The molecule has 16 heavy (non-hydrogen) atoms. The number of anilines is 2. The number of hydrogen-bond donors (Lipinski definition) is 1. The fourth-order valence-electron chi connectivity index (χ4n) is 2.54. The van der Waals surface area contributed by atoms with E-state index in [0.717, 1.165) is 12.4 Å². The largest absolute Gasteiger partial charge is 0.384 e. The average Bonchev–Trinajstić information content (AvgIpc) is 2.23. The number of aromatic nitrogens is 2. The molecule has 3 unspecified atom stereocenters. The number of nitrogens with zero attached hydrogens (tertiary/aromatic N) is 3. The first-order chi connectivity index (χ1) is 7.58. The summed E-state index contributed by atoms with van der Waals surface area (Å²) in [6.45, 7) is 7.91. The lowest BCUT2D eigenvalue weighted by molar-refractivity contribution is 0.295. The summed E-state index contributed by atoms with van der Waals surface area (Å²) in [5.74, 6) is 2.91. The summed E-state index contributed by atoms with van der Waals surface area (Å²) in [4.78, 5) is 10.6. The summed E-state index contributed by atoms with van der Waals surface area (Å²) in [6, 6.07) is 2.38. The third-order valence-electron chi connectivity index (χ3n) is 3.57. The number of nitrogens with two attached hydrogens (primary N) is 1. The highest BCUT2D eigenvalue weighted by atomic mass is 15.2. The molecule has 2 rings (SSSR count). The quantitative estimate of drug-likeness (QED) is 0.785. The number of nitrogen functional groups attached to an aromatic ring is 1. The van der Waals surface area contributed by atoms with Crippen molar-refractivity contribution < 1.29 is 0 Å². The molecule has 1 fully saturated rings. The van der Waals surface area contributed by atoms with Crippen LogP contribution in [0, 0.1) is 11.8 Å². The molecule has 0 radical (unpaired) electrons. The van der Waals surface area contributed by atoms with E-state index in [4.69, 9.17) is 5.73 Å². The van der Waals surface area contributed by atoms with Crippen molar-refractivity contribution in [1.29, 1.82) is 0 Å². The summed E-state index contributed by atoms with van der Waals surface area (Å²) < 4.78 is 0. The van der Waals surface area contributed by atoms with Crippen molar-refractivity contribution in [3.63, 3.8) is 0 Å². The zero-order valence-corrected chi connectivity index (χ0v) is 10.2. The lowest BCUT2D eigenvalue weighted by Gasteiger charge is -2.41. The lowest BCUT2D eigenvalue weighted by atomic mass is 9.86. The van der Waals surface area contributed by atoms with Crippen LogP contribution >= 0.6 is 0 Å². The normalized spacial score (nSPS) is 30.4. The van der Waals surface area contributed by atoms with Crippen LogP contribution in [-0.4, -0.2) is 22.6 Å².